The smallest absolute Gasteiger partial charge is 0.319 e. The van der Waals surface area contributed by atoms with Crippen molar-refractivity contribution in [3.8, 4) is 0 Å². The number of ketones is 1. The van der Waals surface area contributed by atoms with Crippen LogP contribution in [-0.2, 0) is 4.74 Å². The minimum Gasteiger partial charge on any atom is -0.381 e. The summed E-state index contributed by atoms with van der Waals surface area (Å²) in [5, 5.41) is 5.66. The zero-order valence-electron chi connectivity index (χ0n) is 10.9. The second-order valence-electron chi connectivity index (χ2n) is 4.62. The minimum absolute atomic E-state index is 0.0122. The summed E-state index contributed by atoms with van der Waals surface area (Å²) in [5.41, 5.74) is 1.31. The molecule has 1 fully saturated rings. The van der Waals surface area contributed by atoms with E-state index in [1.165, 1.54) is 6.92 Å². The minimum atomic E-state index is -0.220. The summed E-state index contributed by atoms with van der Waals surface area (Å²) < 4.78 is 5.23. The monoisotopic (exact) mass is 262 g/mol. The maximum Gasteiger partial charge on any atom is 0.319 e. The molecule has 1 aromatic rings. The fraction of sp³-hybridized carbons (Fsp3) is 0.429. The van der Waals surface area contributed by atoms with Crippen LogP contribution in [0.3, 0.4) is 0 Å². The van der Waals surface area contributed by atoms with Gasteiger partial charge in [0, 0.05) is 30.5 Å². The number of carbonyl (C=O) groups is 2. The molecule has 2 amide bonds. The van der Waals surface area contributed by atoms with Crippen molar-refractivity contribution in [2.24, 2.45) is 0 Å². The summed E-state index contributed by atoms with van der Waals surface area (Å²) in [6.07, 6.45) is 1.69. The van der Waals surface area contributed by atoms with Crippen molar-refractivity contribution < 1.29 is 14.3 Å². The van der Waals surface area contributed by atoms with Gasteiger partial charge in [-0.1, -0.05) is 0 Å². The number of carbonyl (C=O) groups excluding carboxylic acids is 2. The van der Waals surface area contributed by atoms with Gasteiger partial charge in [-0.15, -0.1) is 0 Å². The van der Waals surface area contributed by atoms with Crippen molar-refractivity contribution in [3.05, 3.63) is 29.8 Å². The highest BCUT2D eigenvalue weighted by atomic mass is 16.5. The van der Waals surface area contributed by atoms with E-state index in [0.29, 0.717) is 24.5 Å². The highest BCUT2D eigenvalue weighted by molar-refractivity contribution is 5.95. The number of Topliss-reactive ketones (excluding diaryl/α,β-unsaturated/α-hetero) is 1. The zero-order valence-corrected chi connectivity index (χ0v) is 10.9. The van der Waals surface area contributed by atoms with Gasteiger partial charge in [0.25, 0.3) is 0 Å². The summed E-state index contributed by atoms with van der Waals surface area (Å²) in [5.74, 6) is 0.0122. The number of amides is 2. The molecule has 2 rings (SSSR count). The fourth-order valence-electron chi connectivity index (χ4n) is 1.98. The van der Waals surface area contributed by atoms with Crippen molar-refractivity contribution in [3.63, 3.8) is 0 Å². The molecule has 2 N–H and O–H groups in total. The van der Waals surface area contributed by atoms with Crippen LogP contribution in [0, 0.1) is 0 Å². The molecular formula is C14H18N2O3. The van der Waals surface area contributed by atoms with Gasteiger partial charge < -0.3 is 15.4 Å². The first-order chi connectivity index (χ1) is 9.15. The number of nitrogens with one attached hydrogen (secondary N) is 2. The Balaban J connectivity index is 1.85. The van der Waals surface area contributed by atoms with Crippen LogP contribution in [0.25, 0.3) is 0 Å². The molecular weight excluding hydrogens is 244 g/mol. The Morgan fingerprint density at radius 3 is 2.37 bits per heavy atom. The normalized spacial score (nSPS) is 15.8. The first kappa shape index (κ1) is 13.5. The van der Waals surface area contributed by atoms with Crippen molar-refractivity contribution in [1.82, 2.24) is 5.32 Å². The molecule has 0 saturated carbocycles. The van der Waals surface area contributed by atoms with E-state index in [0.717, 1.165) is 12.8 Å². The number of rotatable bonds is 3. The van der Waals surface area contributed by atoms with Crippen LogP contribution in [0.2, 0.25) is 0 Å². The van der Waals surface area contributed by atoms with E-state index in [1.54, 1.807) is 24.3 Å². The standard InChI is InChI=1S/C14H18N2O3/c1-10(17)11-2-4-12(5-3-11)15-14(18)16-13-6-8-19-9-7-13/h2-5,13H,6-9H2,1H3,(H2,15,16,18). The largest absolute Gasteiger partial charge is 0.381 e. The molecule has 0 unspecified atom stereocenters. The molecule has 19 heavy (non-hydrogen) atoms. The van der Waals surface area contributed by atoms with Crippen LogP contribution < -0.4 is 10.6 Å². The molecule has 0 radical (unpaired) electrons. The van der Waals surface area contributed by atoms with Crippen LogP contribution in [0.15, 0.2) is 24.3 Å². The van der Waals surface area contributed by atoms with E-state index < -0.39 is 0 Å². The second kappa shape index (κ2) is 6.33. The van der Waals surface area contributed by atoms with Crippen LogP contribution in [0.5, 0.6) is 0 Å². The van der Waals surface area contributed by atoms with Gasteiger partial charge in [0.2, 0.25) is 0 Å². The Morgan fingerprint density at radius 2 is 1.79 bits per heavy atom. The summed E-state index contributed by atoms with van der Waals surface area (Å²) >= 11 is 0. The maximum absolute atomic E-state index is 11.8. The molecule has 1 aromatic carbocycles. The lowest BCUT2D eigenvalue weighted by Crippen LogP contribution is -2.41. The van der Waals surface area contributed by atoms with E-state index in [2.05, 4.69) is 10.6 Å². The topological polar surface area (TPSA) is 67.4 Å². The fourth-order valence-corrected chi connectivity index (χ4v) is 1.98. The van der Waals surface area contributed by atoms with E-state index in [4.69, 9.17) is 4.74 Å². The summed E-state index contributed by atoms with van der Waals surface area (Å²) in [7, 11) is 0. The average molecular weight is 262 g/mol. The third-order valence-electron chi connectivity index (χ3n) is 3.11. The zero-order chi connectivity index (χ0) is 13.7. The highest BCUT2D eigenvalue weighted by Crippen LogP contribution is 2.11. The Labute approximate surface area is 112 Å². The first-order valence-corrected chi connectivity index (χ1v) is 6.41. The Kier molecular flexibility index (Phi) is 4.52. The van der Waals surface area contributed by atoms with Crippen molar-refractivity contribution >= 4 is 17.5 Å². The molecule has 0 atom stereocenters. The van der Waals surface area contributed by atoms with Crippen molar-refractivity contribution in [2.45, 2.75) is 25.8 Å². The molecule has 102 valence electrons. The lowest BCUT2D eigenvalue weighted by Gasteiger charge is -2.23. The molecule has 1 saturated heterocycles. The van der Waals surface area contributed by atoms with E-state index in [9.17, 15) is 9.59 Å². The van der Waals surface area contributed by atoms with Gasteiger partial charge in [0.1, 0.15) is 0 Å². The third-order valence-corrected chi connectivity index (χ3v) is 3.11. The van der Waals surface area contributed by atoms with Gasteiger partial charge in [-0.3, -0.25) is 4.79 Å². The van der Waals surface area contributed by atoms with Crippen molar-refractivity contribution in [2.75, 3.05) is 18.5 Å². The molecule has 5 heteroatoms. The molecule has 1 heterocycles. The first-order valence-electron chi connectivity index (χ1n) is 6.41. The lowest BCUT2D eigenvalue weighted by molar-refractivity contribution is 0.0806. The van der Waals surface area contributed by atoms with Crippen LogP contribution in [-0.4, -0.2) is 31.1 Å². The van der Waals surface area contributed by atoms with Gasteiger partial charge in [0.15, 0.2) is 5.78 Å². The van der Waals surface area contributed by atoms with E-state index >= 15 is 0 Å². The second-order valence-corrected chi connectivity index (χ2v) is 4.62. The quantitative estimate of drug-likeness (QED) is 0.820. The molecule has 1 aliphatic rings. The predicted molar refractivity (Wildman–Crippen MR) is 72.4 cm³/mol. The van der Waals surface area contributed by atoms with Gasteiger partial charge in [-0.05, 0) is 44.0 Å². The lowest BCUT2D eigenvalue weighted by atomic mass is 10.1. The van der Waals surface area contributed by atoms with Gasteiger partial charge >= 0.3 is 6.03 Å². The molecule has 0 bridgehead atoms. The van der Waals surface area contributed by atoms with E-state index in [-0.39, 0.29) is 17.9 Å². The number of urea groups is 1. The molecule has 1 aliphatic heterocycles. The third kappa shape index (κ3) is 4.06. The predicted octanol–water partition coefficient (Wildman–Crippen LogP) is 2.19. The van der Waals surface area contributed by atoms with Crippen LogP contribution >= 0.6 is 0 Å². The van der Waals surface area contributed by atoms with Gasteiger partial charge in [0.05, 0.1) is 0 Å². The summed E-state index contributed by atoms with van der Waals surface area (Å²) in [4.78, 5) is 22.9. The molecule has 0 aromatic heterocycles. The van der Waals surface area contributed by atoms with Crippen LogP contribution in [0.1, 0.15) is 30.1 Å². The molecule has 0 aliphatic carbocycles. The Hall–Kier alpha value is -1.88. The highest BCUT2D eigenvalue weighted by Gasteiger charge is 2.15. The van der Waals surface area contributed by atoms with Gasteiger partial charge in [-0.25, -0.2) is 4.79 Å². The SMILES string of the molecule is CC(=O)c1ccc(NC(=O)NC2CCOCC2)cc1. The molecule has 5 nitrogen and oxygen atoms in total. The maximum atomic E-state index is 11.8. The number of benzene rings is 1. The van der Waals surface area contributed by atoms with Gasteiger partial charge in [-0.2, -0.15) is 0 Å². The molecule has 0 spiro atoms. The Bertz CT molecular complexity index is 450. The van der Waals surface area contributed by atoms with Crippen LogP contribution in [0.4, 0.5) is 10.5 Å². The van der Waals surface area contributed by atoms with Crippen molar-refractivity contribution in [1.29, 1.82) is 0 Å². The number of hydrogen-bond acceptors (Lipinski definition) is 3. The number of anilines is 1. The average Bonchev–Trinajstić information content (AvgIpc) is 2.40. The number of ether oxygens (including phenoxy) is 1. The summed E-state index contributed by atoms with van der Waals surface area (Å²) in [6.45, 7) is 2.90. The summed E-state index contributed by atoms with van der Waals surface area (Å²) in [6, 6.07) is 6.80. The Morgan fingerprint density at radius 1 is 1.16 bits per heavy atom. The number of hydrogen-bond donors (Lipinski definition) is 2. The van der Waals surface area contributed by atoms with E-state index in [1.807, 2.05) is 0 Å².